The SMILES string of the molecule is COc1ccccc1CC1CCCN(C(C)C(=O)Nc2ccc3c(c2)OCO3)C1. The Balaban J connectivity index is 1.36. The molecule has 1 saturated heterocycles. The van der Waals surface area contributed by atoms with E-state index >= 15 is 0 Å². The Hall–Kier alpha value is -2.73. The lowest BCUT2D eigenvalue weighted by molar-refractivity contribution is -0.121. The highest BCUT2D eigenvalue weighted by Crippen LogP contribution is 2.34. The summed E-state index contributed by atoms with van der Waals surface area (Å²) in [5.41, 5.74) is 1.97. The third-order valence-corrected chi connectivity index (χ3v) is 5.82. The van der Waals surface area contributed by atoms with Crippen LogP contribution >= 0.6 is 0 Å². The predicted molar refractivity (Wildman–Crippen MR) is 112 cm³/mol. The molecule has 0 aromatic heterocycles. The van der Waals surface area contributed by atoms with Gasteiger partial charge >= 0.3 is 0 Å². The van der Waals surface area contributed by atoms with Gasteiger partial charge in [0.15, 0.2) is 11.5 Å². The van der Waals surface area contributed by atoms with Crippen LogP contribution < -0.4 is 19.5 Å². The van der Waals surface area contributed by atoms with Crippen molar-refractivity contribution >= 4 is 11.6 Å². The van der Waals surface area contributed by atoms with Crippen molar-refractivity contribution in [2.45, 2.75) is 32.2 Å². The Morgan fingerprint density at radius 1 is 1.24 bits per heavy atom. The molecule has 2 aliphatic heterocycles. The first-order valence-corrected chi connectivity index (χ1v) is 10.2. The number of methoxy groups -OCH3 is 1. The number of nitrogens with zero attached hydrogens (tertiary/aromatic N) is 1. The summed E-state index contributed by atoms with van der Waals surface area (Å²) in [6.07, 6.45) is 3.24. The van der Waals surface area contributed by atoms with Gasteiger partial charge in [0, 0.05) is 18.3 Å². The smallest absolute Gasteiger partial charge is 0.241 e. The zero-order valence-corrected chi connectivity index (χ0v) is 17.0. The van der Waals surface area contributed by atoms with Gasteiger partial charge in [0.05, 0.1) is 13.2 Å². The predicted octanol–water partition coefficient (Wildman–Crippen LogP) is 3.71. The van der Waals surface area contributed by atoms with Crippen LogP contribution in [0.3, 0.4) is 0 Å². The maximum Gasteiger partial charge on any atom is 0.241 e. The average molecular weight is 396 g/mol. The summed E-state index contributed by atoms with van der Waals surface area (Å²) in [6.45, 7) is 4.06. The third-order valence-electron chi connectivity index (χ3n) is 5.82. The molecule has 154 valence electrons. The summed E-state index contributed by atoms with van der Waals surface area (Å²) in [6, 6.07) is 13.5. The van der Waals surface area contributed by atoms with E-state index in [9.17, 15) is 4.79 Å². The molecule has 6 heteroatoms. The quantitative estimate of drug-likeness (QED) is 0.807. The van der Waals surface area contributed by atoms with Crippen molar-refractivity contribution in [3.05, 3.63) is 48.0 Å². The molecule has 2 aromatic rings. The number of rotatable bonds is 6. The molecule has 0 radical (unpaired) electrons. The Labute approximate surface area is 171 Å². The first kappa shape index (κ1) is 19.6. The molecule has 2 aromatic carbocycles. The molecular formula is C23H28N2O4. The maximum absolute atomic E-state index is 12.8. The first-order chi connectivity index (χ1) is 14.1. The van der Waals surface area contributed by atoms with Crippen LogP contribution in [0.5, 0.6) is 17.2 Å². The number of likely N-dealkylation sites (tertiary alicyclic amines) is 1. The van der Waals surface area contributed by atoms with Gasteiger partial charge in [-0.25, -0.2) is 0 Å². The van der Waals surface area contributed by atoms with E-state index in [1.54, 1.807) is 7.11 Å². The van der Waals surface area contributed by atoms with Gasteiger partial charge < -0.3 is 19.5 Å². The van der Waals surface area contributed by atoms with Gasteiger partial charge in [-0.15, -0.1) is 0 Å². The summed E-state index contributed by atoms with van der Waals surface area (Å²) in [7, 11) is 1.72. The molecule has 1 N–H and O–H groups in total. The van der Waals surface area contributed by atoms with E-state index in [4.69, 9.17) is 14.2 Å². The molecule has 2 atom stereocenters. The molecular weight excluding hydrogens is 368 g/mol. The van der Waals surface area contributed by atoms with E-state index in [-0.39, 0.29) is 18.7 Å². The molecule has 0 saturated carbocycles. The van der Waals surface area contributed by atoms with Gasteiger partial charge in [-0.05, 0) is 62.4 Å². The number of amides is 1. The Kier molecular flexibility index (Phi) is 5.90. The van der Waals surface area contributed by atoms with Crippen molar-refractivity contribution in [3.8, 4) is 17.2 Å². The number of hydrogen-bond donors (Lipinski definition) is 1. The van der Waals surface area contributed by atoms with Gasteiger partial charge in [-0.1, -0.05) is 18.2 Å². The van der Waals surface area contributed by atoms with Crippen molar-refractivity contribution in [1.29, 1.82) is 0 Å². The summed E-state index contributed by atoms with van der Waals surface area (Å²) >= 11 is 0. The highest BCUT2D eigenvalue weighted by molar-refractivity contribution is 5.94. The summed E-state index contributed by atoms with van der Waals surface area (Å²) in [5, 5.41) is 3.02. The zero-order chi connectivity index (χ0) is 20.2. The van der Waals surface area contributed by atoms with E-state index in [2.05, 4.69) is 22.3 Å². The van der Waals surface area contributed by atoms with Crippen LogP contribution in [0, 0.1) is 5.92 Å². The molecule has 29 heavy (non-hydrogen) atoms. The van der Waals surface area contributed by atoms with Crippen molar-refractivity contribution < 1.29 is 19.0 Å². The van der Waals surface area contributed by atoms with Crippen molar-refractivity contribution in [2.75, 3.05) is 32.3 Å². The van der Waals surface area contributed by atoms with Crippen LogP contribution in [0.4, 0.5) is 5.69 Å². The second-order valence-electron chi connectivity index (χ2n) is 7.75. The van der Waals surface area contributed by atoms with Crippen LogP contribution in [-0.2, 0) is 11.2 Å². The second kappa shape index (κ2) is 8.74. The molecule has 6 nitrogen and oxygen atoms in total. The highest BCUT2D eigenvalue weighted by atomic mass is 16.7. The number of para-hydroxylation sites is 1. The molecule has 4 rings (SSSR count). The number of piperidine rings is 1. The van der Waals surface area contributed by atoms with Crippen LogP contribution in [0.15, 0.2) is 42.5 Å². The number of ether oxygens (including phenoxy) is 3. The van der Waals surface area contributed by atoms with Gasteiger partial charge in [0.2, 0.25) is 12.7 Å². The molecule has 1 fully saturated rings. The second-order valence-corrected chi connectivity index (χ2v) is 7.75. The number of anilines is 1. The van der Waals surface area contributed by atoms with Gasteiger partial charge in [-0.2, -0.15) is 0 Å². The summed E-state index contributed by atoms with van der Waals surface area (Å²) in [5.74, 6) is 2.84. The maximum atomic E-state index is 12.8. The van der Waals surface area contributed by atoms with Crippen molar-refractivity contribution in [3.63, 3.8) is 0 Å². The normalized spacial score (nSPS) is 19.6. The zero-order valence-electron chi connectivity index (χ0n) is 17.0. The lowest BCUT2D eigenvalue weighted by Crippen LogP contribution is -2.47. The molecule has 0 bridgehead atoms. The van der Waals surface area contributed by atoms with Crippen molar-refractivity contribution in [1.82, 2.24) is 4.90 Å². The van der Waals surface area contributed by atoms with E-state index in [0.29, 0.717) is 17.4 Å². The standard InChI is InChI=1S/C23H28N2O4/c1-16(23(26)24-19-9-10-21-22(13-19)29-15-28-21)25-11-5-6-17(14-25)12-18-7-3-4-8-20(18)27-2/h3-4,7-10,13,16-17H,5-6,11-12,14-15H2,1-2H3,(H,24,26). The molecule has 0 spiro atoms. The van der Waals surface area contributed by atoms with Crippen molar-refractivity contribution in [2.24, 2.45) is 5.92 Å². The fourth-order valence-corrected chi connectivity index (χ4v) is 4.19. The monoisotopic (exact) mass is 396 g/mol. The number of hydrogen-bond acceptors (Lipinski definition) is 5. The molecule has 2 unspecified atom stereocenters. The minimum Gasteiger partial charge on any atom is -0.496 e. The van der Waals surface area contributed by atoms with Crippen LogP contribution in [-0.4, -0.2) is 43.8 Å². The fraction of sp³-hybridized carbons (Fsp3) is 0.435. The van der Waals surface area contributed by atoms with E-state index in [1.165, 1.54) is 12.0 Å². The van der Waals surface area contributed by atoms with Gasteiger partial charge in [0.1, 0.15) is 5.75 Å². The highest BCUT2D eigenvalue weighted by Gasteiger charge is 2.28. The molecule has 2 heterocycles. The van der Waals surface area contributed by atoms with Crippen LogP contribution in [0.1, 0.15) is 25.3 Å². The molecule has 1 amide bonds. The van der Waals surface area contributed by atoms with Crippen LogP contribution in [0.2, 0.25) is 0 Å². The fourth-order valence-electron chi connectivity index (χ4n) is 4.19. The number of nitrogens with one attached hydrogen (secondary N) is 1. The lowest BCUT2D eigenvalue weighted by Gasteiger charge is -2.36. The largest absolute Gasteiger partial charge is 0.496 e. The minimum absolute atomic E-state index is 0.00167. The number of carbonyl (C=O) groups is 1. The summed E-state index contributed by atoms with van der Waals surface area (Å²) in [4.78, 5) is 15.1. The Morgan fingerprint density at radius 3 is 2.93 bits per heavy atom. The van der Waals surface area contributed by atoms with E-state index in [1.807, 2.05) is 37.3 Å². The minimum atomic E-state index is -0.194. The third kappa shape index (κ3) is 4.48. The molecule has 2 aliphatic rings. The van der Waals surface area contributed by atoms with E-state index < -0.39 is 0 Å². The van der Waals surface area contributed by atoms with Gasteiger partial charge in [0.25, 0.3) is 0 Å². The van der Waals surface area contributed by atoms with Gasteiger partial charge in [-0.3, -0.25) is 9.69 Å². The number of carbonyl (C=O) groups excluding carboxylic acids is 1. The summed E-state index contributed by atoms with van der Waals surface area (Å²) < 4.78 is 16.2. The lowest BCUT2D eigenvalue weighted by atomic mass is 9.90. The molecule has 0 aliphatic carbocycles. The average Bonchev–Trinajstić information content (AvgIpc) is 3.21. The Morgan fingerprint density at radius 2 is 2.07 bits per heavy atom. The number of fused-ring (bicyclic) bond motifs is 1. The van der Waals surface area contributed by atoms with Crippen LogP contribution in [0.25, 0.3) is 0 Å². The van der Waals surface area contributed by atoms with E-state index in [0.717, 1.165) is 37.4 Å². The Bertz CT molecular complexity index is 870. The first-order valence-electron chi connectivity index (χ1n) is 10.2. The topological polar surface area (TPSA) is 60.0 Å². The number of benzene rings is 2.